The molecule has 0 spiro atoms. The molecule has 1 aliphatic carbocycles. The number of carbonyl (C=O) groups is 1. The van der Waals surface area contributed by atoms with Crippen molar-refractivity contribution in [2.75, 3.05) is 40.4 Å². The van der Waals surface area contributed by atoms with Crippen LogP contribution in [0.1, 0.15) is 54.3 Å². The molecule has 2 aliphatic rings. The quantitative estimate of drug-likeness (QED) is 0.461. The van der Waals surface area contributed by atoms with Crippen LogP contribution in [0.5, 0.6) is 11.5 Å². The molecule has 1 aliphatic heterocycles. The summed E-state index contributed by atoms with van der Waals surface area (Å²) in [6.45, 7) is 6.26. The highest BCUT2D eigenvalue weighted by Gasteiger charge is 2.25. The molecule has 0 radical (unpaired) electrons. The van der Waals surface area contributed by atoms with E-state index in [0.717, 1.165) is 62.9 Å². The van der Waals surface area contributed by atoms with Crippen molar-refractivity contribution in [3.63, 3.8) is 0 Å². The third-order valence-corrected chi connectivity index (χ3v) is 7.82. The van der Waals surface area contributed by atoms with Crippen LogP contribution in [0.4, 0.5) is 4.79 Å². The van der Waals surface area contributed by atoms with Crippen molar-refractivity contribution in [2.24, 2.45) is 0 Å². The Morgan fingerprint density at radius 2 is 1.97 bits per heavy atom. The van der Waals surface area contributed by atoms with Gasteiger partial charge in [0.2, 0.25) is 0 Å². The number of hydrogen-bond acceptors (Lipinski definition) is 8. The Balaban J connectivity index is 1.16. The summed E-state index contributed by atoms with van der Waals surface area (Å²) in [7, 11) is 3.27. The summed E-state index contributed by atoms with van der Waals surface area (Å²) < 4.78 is 10.8. The molecular weight excluding hydrogens is 464 g/mol. The maximum Gasteiger partial charge on any atom is 0.426 e. The summed E-state index contributed by atoms with van der Waals surface area (Å²) in [5, 5.41) is 4.63. The number of rotatable bonds is 11. The van der Waals surface area contributed by atoms with Gasteiger partial charge in [-0.15, -0.1) is 16.4 Å². The SMILES string of the molecule is CCCN(CCCCNC(=O)ON1CCc2cc(OC)c(OC)cc2C1)C1CCc2ncsc2C1. The first-order valence-electron chi connectivity index (χ1n) is 12.7. The summed E-state index contributed by atoms with van der Waals surface area (Å²) in [4.78, 5) is 26.5. The van der Waals surface area contributed by atoms with Gasteiger partial charge in [-0.3, -0.25) is 0 Å². The van der Waals surface area contributed by atoms with Crippen molar-refractivity contribution in [1.82, 2.24) is 20.3 Å². The molecule has 1 amide bonds. The predicted octanol–water partition coefficient (Wildman–Crippen LogP) is 4.21. The van der Waals surface area contributed by atoms with E-state index in [4.69, 9.17) is 14.3 Å². The number of amides is 1. The Hall–Kier alpha value is -2.36. The number of nitrogens with zero attached hydrogens (tertiary/aromatic N) is 3. The first kappa shape index (κ1) is 25.7. The second kappa shape index (κ2) is 12.6. The van der Waals surface area contributed by atoms with Crippen molar-refractivity contribution in [3.8, 4) is 11.5 Å². The van der Waals surface area contributed by atoms with Crippen LogP contribution >= 0.6 is 11.3 Å². The second-order valence-electron chi connectivity index (χ2n) is 9.26. The molecule has 0 bridgehead atoms. The molecule has 1 atom stereocenters. The van der Waals surface area contributed by atoms with E-state index in [-0.39, 0.29) is 6.09 Å². The van der Waals surface area contributed by atoms with Gasteiger partial charge >= 0.3 is 6.09 Å². The van der Waals surface area contributed by atoms with Crippen molar-refractivity contribution in [1.29, 1.82) is 0 Å². The molecular formula is C26H38N4O4S. The molecule has 1 aromatic heterocycles. The monoisotopic (exact) mass is 502 g/mol. The van der Waals surface area contributed by atoms with Crippen LogP contribution in [0, 0.1) is 0 Å². The highest BCUT2D eigenvalue weighted by atomic mass is 32.1. The fourth-order valence-corrected chi connectivity index (χ4v) is 5.96. The molecule has 0 saturated carbocycles. The van der Waals surface area contributed by atoms with Gasteiger partial charge in [-0.2, -0.15) is 0 Å². The number of methoxy groups -OCH3 is 2. The van der Waals surface area contributed by atoms with E-state index in [9.17, 15) is 4.79 Å². The van der Waals surface area contributed by atoms with Crippen LogP contribution in [0.15, 0.2) is 17.6 Å². The number of nitrogens with one attached hydrogen (secondary N) is 1. The number of hydroxylamine groups is 2. The fraction of sp³-hybridized carbons (Fsp3) is 0.615. The number of aryl methyl sites for hydroxylation is 1. The second-order valence-corrected chi connectivity index (χ2v) is 10.2. The predicted molar refractivity (Wildman–Crippen MR) is 137 cm³/mol. The number of thiazole rings is 1. The number of benzene rings is 1. The third kappa shape index (κ3) is 6.65. The van der Waals surface area contributed by atoms with E-state index in [2.05, 4.69) is 22.1 Å². The van der Waals surface area contributed by atoms with Crippen LogP contribution in [-0.4, -0.2) is 67.5 Å². The first-order chi connectivity index (χ1) is 17.1. The fourth-order valence-electron chi connectivity index (χ4n) is 5.07. The minimum Gasteiger partial charge on any atom is -0.493 e. The molecule has 8 nitrogen and oxygen atoms in total. The smallest absolute Gasteiger partial charge is 0.426 e. The molecule has 35 heavy (non-hydrogen) atoms. The third-order valence-electron chi connectivity index (χ3n) is 6.92. The summed E-state index contributed by atoms with van der Waals surface area (Å²) >= 11 is 1.80. The van der Waals surface area contributed by atoms with Crippen molar-refractivity contribution < 1.29 is 19.1 Å². The Kier molecular flexibility index (Phi) is 9.23. The molecule has 1 N–H and O–H groups in total. The zero-order valence-corrected chi connectivity index (χ0v) is 22.0. The lowest BCUT2D eigenvalue weighted by Gasteiger charge is -2.33. The normalized spacial score (nSPS) is 17.5. The number of fused-ring (bicyclic) bond motifs is 2. The van der Waals surface area contributed by atoms with E-state index in [1.165, 1.54) is 22.6 Å². The van der Waals surface area contributed by atoms with E-state index in [0.29, 0.717) is 31.4 Å². The summed E-state index contributed by atoms with van der Waals surface area (Å²) in [6.07, 6.45) is 6.98. The molecule has 0 fully saturated rings. The minimum absolute atomic E-state index is 0.385. The lowest BCUT2D eigenvalue weighted by Crippen LogP contribution is -2.40. The first-order valence-corrected chi connectivity index (χ1v) is 13.6. The molecule has 0 saturated heterocycles. The van der Waals surface area contributed by atoms with Gasteiger partial charge in [-0.25, -0.2) is 9.78 Å². The van der Waals surface area contributed by atoms with Gasteiger partial charge in [0.05, 0.1) is 32.0 Å². The number of unbranched alkanes of at least 4 members (excludes halogenated alkanes) is 1. The van der Waals surface area contributed by atoms with E-state index in [1.54, 1.807) is 30.6 Å². The number of carbonyl (C=O) groups excluding carboxylic acids is 1. The van der Waals surface area contributed by atoms with E-state index < -0.39 is 0 Å². The van der Waals surface area contributed by atoms with Crippen LogP contribution < -0.4 is 14.8 Å². The summed E-state index contributed by atoms with van der Waals surface area (Å²) in [5.41, 5.74) is 5.58. The van der Waals surface area contributed by atoms with Crippen LogP contribution in [-0.2, 0) is 30.6 Å². The Morgan fingerprint density at radius 1 is 1.17 bits per heavy atom. The molecule has 192 valence electrons. The Labute approximate surface area is 212 Å². The van der Waals surface area contributed by atoms with Gasteiger partial charge < -0.3 is 24.5 Å². The maximum atomic E-state index is 12.4. The molecule has 1 aromatic carbocycles. The van der Waals surface area contributed by atoms with Gasteiger partial charge in [-0.05, 0) is 81.3 Å². The highest BCUT2D eigenvalue weighted by Crippen LogP contribution is 2.33. The van der Waals surface area contributed by atoms with Crippen LogP contribution in [0.2, 0.25) is 0 Å². The van der Waals surface area contributed by atoms with Crippen LogP contribution in [0.25, 0.3) is 0 Å². The van der Waals surface area contributed by atoms with E-state index in [1.807, 2.05) is 17.6 Å². The minimum atomic E-state index is -0.385. The van der Waals surface area contributed by atoms with Crippen molar-refractivity contribution >= 4 is 17.4 Å². The van der Waals surface area contributed by atoms with Crippen LogP contribution in [0.3, 0.4) is 0 Å². The zero-order valence-electron chi connectivity index (χ0n) is 21.2. The summed E-state index contributed by atoms with van der Waals surface area (Å²) in [5.74, 6) is 1.42. The number of ether oxygens (including phenoxy) is 2. The number of hydrogen-bond donors (Lipinski definition) is 1. The number of aromatic nitrogens is 1. The standard InChI is InChI=1S/C26H38N4O4S/c1-4-11-29(21-7-8-22-25(16-21)35-18-28-22)12-6-5-10-27-26(31)34-30-13-9-19-14-23(32-2)24(33-3)15-20(19)17-30/h14-15,18,21H,4-13,16-17H2,1-3H3,(H,27,31). The Morgan fingerprint density at radius 3 is 2.74 bits per heavy atom. The molecule has 2 aromatic rings. The lowest BCUT2D eigenvalue weighted by atomic mass is 9.96. The maximum absolute atomic E-state index is 12.4. The van der Waals surface area contributed by atoms with Gasteiger partial charge in [0, 0.05) is 24.0 Å². The molecule has 4 rings (SSSR count). The molecule has 2 heterocycles. The van der Waals surface area contributed by atoms with Crippen molar-refractivity contribution in [3.05, 3.63) is 39.3 Å². The average Bonchev–Trinajstić information content (AvgIpc) is 3.35. The van der Waals surface area contributed by atoms with Gasteiger partial charge in [0.1, 0.15) is 0 Å². The Bertz CT molecular complexity index is 982. The molecule has 1 unspecified atom stereocenters. The van der Waals surface area contributed by atoms with Gasteiger partial charge in [-0.1, -0.05) is 6.92 Å². The van der Waals surface area contributed by atoms with Crippen molar-refractivity contribution in [2.45, 2.75) is 64.5 Å². The largest absolute Gasteiger partial charge is 0.493 e. The summed E-state index contributed by atoms with van der Waals surface area (Å²) in [6, 6.07) is 4.59. The van der Waals surface area contributed by atoms with Gasteiger partial charge in [0.25, 0.3) is 0 Å². The van der Waals surface area contributed by atoms with Gasteiger partial charge in [0.15, 0.2) is 11.5 Å². The molecule has 9 heteroatoms. The average molecular weight is 503 g/mol. The van der Waals surface area contributed by atoms with E-state index >= 15 is 0 Å². The highest BCUT2D eigenvalue weighted by molar-refractivity contribution is 7.09. The zero-order chi connectivity index (χ0) is 24.6. The topological polar surface area (TPSA) is 76.2 Å². The lowest BCUT2D eigenvalue weighted by molar-refractivity contribution is -0.111.